The lowest BCUT2D eigenvalue weighted by Gasteiger charge is -2.20. The minimum Gasteiger partial charge on any atom is -0.385 e. The van der Waals surface area contributed by atoms with Crippen LogP contribution in [-0.4, -0.2) is 32.2 Å². The van der Waals surface area contributed by atoms with E-state index in [4.69, 9.17) is 16.3 Å². The lowest BCUT2D eigenvalue weighted by atomic mass is 10.1. The summed E-state index contributed by atoms with van der Waals surface area (Å²) in [5, 5.41) is 6.83. The molecule has 0 fully saturated rings. The summed E-state index contributed by atoms with van der Waals surface area (Å²) in [7, 11) is 1.65. The summed E-state index contributed by atoms with van der Waals surface area (Å²) in [6, 6.07) is 7.39. The van der Waals surface area contributed by atoms with Crippen molar-refractivity contribution in [1.29, 1.82) is 0 Å². The normalized spacial score (nSPS) is 13.8. The zero-order valence-electron chi connectivity index (χ0n) is 12.3. The molecule has 0 aromatic heterocycles. The van der Waals surface area contributed by atoms with Crippen molar-refractivity contribution in [1.82, 2.24) is 10.6 Å². The number of methoxy groups -OCH3 is 1. The van der Waals surface area contributed by atoms with E-state index in [1.54, 1.807) is 7.11 Å². The van der Waals surface area contributed by atoms with Gasteiger partial charge in [-0.05, 0) is 31.9 Å². The van der Waals surface area contributed by atoms with Crippen LogP contribution in [0.15, 0.2) is 24.3 Å². The van der Waals surface area contributed by atoms with Crippen LogP contribution in [0, 0.1) is 0 Å². The minimum atomic E-state index is -0.274. The van der Waals surface area contributed by atoms with Crippen molar-refractivity contribution >= 4 is 17.5 Å². The third kappa shape index (κ3) is 5.49. The Morgan fingerprint density at radius 3 is 2.70 bits per heavy atom. The third-order valence-corrected chi connectivity index (χ3v) is 3.43. The molecule has 4 nitrogen and oxygen atoms in total. The van der Waals surface area contributed by atoms with Gasteiger partial charge in [0.05, 0.1) is 6.04 Å². The maximum atomic E-state index is 11.9. The van der Waals surface area contributed by atoms with Gasteiger partial charge in [0.15, 0.2) is 0 Å². The summed E-state index contributed by atoms with van der Waals surface area (Å²) in [6.45, 7) is 5.12. The molecule has 0 aliphatic carbocycles. The van der Waals surface area contributed by atoms with Crippen molar-refractivity contribution in [3.05, 3.63) is 34.9 Å². The largest absolute Gasteiger partial charge is 0.385 e. The molecular formula is C15H23ClN2O2. The second kappa shape index (κ2) is 8.95. The number of hydrogen-bond donors (Lipinski definition) is 2. The van der Waals surface area contributed by atoms with Gasteiger partial charge < -0.3 is 10.1 Å². The molecule has 1 aromatic rings. The molecule has 1 amide bonds. The Kier molecular flexibility index (Phi) is 7.59. The highest BCUT2D eigenvalue weighted by molar-refractivity contribution is 6.31. The fraction of sp³-hybridized carbons (Fsp3) is 0.533. The molecule has 0 spiro atoms. The van der Waals surface area contributed by atoms with Gasteiger partial charge in [0, 0.05) is 31.3 Å². The van der Waals surface area contributed by atoms with Gasteiger partial charge in [0.2, 0.25) is 5.91 Å². The molecule has 1 rings (SSSR count). The minimum absolute atomic E-state index is 0.0139. The van der Waals surface area contributed by atoms with E-state index in [1.807, 2.05) is 38.1 Å². The van der Waals surface area contributed by atoms with Gasteiger partial charge in [-0.1, -0.05) is 29.8 Å². The predicted octanol–water partition coefficient (Wildman–Crippen LogP) is 2.53. The van der Waals surface area contributed by atoms with Crippen molar-refractivity contribution in [2.24, 2.45) is 0 Å². The second-order valence-corrected chi connectivity index (χ2v) is 5.18. The smallest absolute Gasteiger partial charge is 0.236 e. The van der Waals surface area contributed by atoms with Gasteiger partial charge >= 0.3 is 0 Å². The number of hydrogen-bond acceptors (Lipinski definition) is 3. The lowest BCUT2D eigenvalue weighted by molar-refractivity contribution is -0.122. The van der Waals surface area contributed by atoms with Crippen molar-refractivity contribution in [2.45, 2.75) is 32.4 Å². The Balaban J connectivity index is 2.43. The van der Waals surface area contributed by atoms with Gasteiger partial charge in [-0.2, -0.15) is 0 Å². The van der Waals surface area contributed by atoms with Crippen LogP contribution in [0.4, 0.5) is 0 Å². The first-order valence-corrected chi connectivity index (χ1v) is 7.21. The van der Waals surface area contributed by atoms with E-state index in [9.17, 15) is 4.79 Å². The van der Waals surface area contributed by atoms with Crippen molar-refractivity contribution < 1.29 is 9.53 Å². The second-order valence-electron chi connectivity index (χ2n) is 4.77. The van der Waals surface area contributed by atoms with Gasteiger partial charge in [0.1, 0.15) is 0 Å². The predicted molar refractivity (Wildman–Crippen MR) is 82.0 cm³/mol. The van der Waals surface area contributed by atoms with Crippen LogP contribution in [0.1, 0.15) is 31.9 Å². The zero-order valence-corrected chi connectivity index (χ0v) is 13.0. The number of carbonyl (C=O) groups is 1. The Labute approximate surface area is 125 Å². The molecule has 2 N–H and O–H groups in total. The Morgan fingerprint density at radius 1 is 1.35 bits per heavy atom. The molecule has 0 radical (unpaired) electrons. The number of nitrogens with one attached hydrogen (secondary N) is 2. The highest BCUT2D eigenvalue weighted by Crippen LogP contribution is 2.22. The standard InChI is InChI=1S/C15H23ClN2O2/c1-11(13-7-4-5-8-14(13)16)18-12(2)15(19)17-9-6-10-20-3/h4-5,7-8,11-12,18H,6,9-10H2,1-3H3,(H,17,19)/t11-,12?/m1/s1. The fourth-order valence-corrected chi connectivity index (χ4v) is 2.25. The Bertz CT molecular complexity index is 426. The summed E-state index contributed by atoms with van der Waals surface area (Å²) in [6.07, 6.45) is 0.815. The summed E-state index contributed by atoms with van der Waals surface area (Å²) >= 11 is 6.15. The van der Waals surface area contributed by atoms with Crippen molar-refractivity contribution in [3.63, 3.8) is 0 Å². The molecule has 0 aliphatic heterocycles. The third-order valence-electron chi connectivity index (χ3n) is 3.09. The molecule has 112 valence electrons. The number of benzene rings is 1. The van der Waals surface area contributed by atoms with E-state index < -0.39 is 0 Å². The van der Waals surface area contributed by atoms with E-state index in [0.717, 1.165) is 12.0 Å². The summed E-state index contributed by atoms with van der Waals surface area (Å²) in [5.74, 6) is -0.0139. The van der Waals surface area contributed by atoms with Crippen LogP contribution in [0.5, 0.6) is 0 Å². The first-order chi connectivity index (χ1) is 9.56. The average Bonchev–Trinajstić information content (AvgIpc) is 2.43. The summed E-state index contributed by atoms with van der Waals surface area (Å²) in [5.41, 5.74) is 0.994. The van der Waals surface area contributed by atoms with E-state index in [-0.39, 0.29) is 18.0 Å². The molecule has 1 unspecified atom stereocenters. The monoisotopic (exact) mass is 298 g/mol. The SMILES string of the molecule is COCCCNC(=O)C(C)N[C@H](C)c1ccccc1Cl. The summed E-state index contributed by atoms with van der Waals surface area (Å²) < 4.78 is 4.94. The maximum Gasteiger partial charge on any atom is 0.236 e. The Hall–Kier alpha value is -1.10. The highest BCUT2D eigenvalue weighted by atomic mass is 35.5. The molecule has 20 heavy (non-hydrogen) atoms. The van der Waals surface area contributed by atoms with E-state index >= 15 is 0 Å². The van der Waals surface area contributed by atoms with Crippen LogP contribution < -0.4 is 10.6 Å². The van der Waals surface area contributed by atoms with Crippen LogP contribution in [0.25, 0.3) is 0 Å². The number of halogens is 1. The van der Waals surface area contributed by atoms with E-state index in [1.165, 1.54) is 0 Å². The first-order valence-electron chi connectivity index (χ1n) is 6.83. The van der Waals surface area contributed by atoms with Crippen LogP contribution in [0.2, 0.25) is 5.02 Å². The van der Waals surface area contributed by atoms with Crippen LogP contribution in [0.3, 0.4) is 0 Å². The number of amides is 1. The Morgan fingerprint density at radius 2 is 2.05 bits per heavy atom. The van der Waals surface area contributed by atoms with E-state index in [2.05, 4.69) is 10.6 Å². The molecule has 1 aromatic carbocycles. The topological polar surface area (TPSA) is 50.4 Å². The quantitative estimate of drug-likeness (QED) is 0.725. The molecule has 0 aliphatic rings. The zero-order chi connectivity index (χ0) is 15.0. The average molecular weight is 299 g/mol. The molecule has 0 bridgehead atoms. The van der Waals surface area contributed by atoms with E-state index in [0.29, 0.717) is 18.2 Å². The van der Waals surface area contributed by atoms with Crippen molar-refractivity contribution in [3.8, 4) is 0 Å². The summed E-state index contributed by atoms with van der Waals surface area (Å²) in [4.78, 5) is 11.9. The number of carbonyl (C=O) groups excluding carboxylic acids is 1. The molecule has 0 heterocycles. The number of ether oxygens (including phenoxy) is 1. The molecular weight excluding hydrogens is 276 g/mol. The van der Waals surface area contributed by atoms with Gasteiger partial charge in [-0.3, -0.25) is 10.1 Å². The lowest BCUT2D eigenvalue weighted by Crippen LogP contribution is -2.43. The molecule has 5 heteroatoms. The first kappa shape index (κ1) is 17.0. The maximum absolute atomic E-state index is 11.9. The van der Waals surface area contributed by atoms with Gasteiger partial charge in [0.25, 0.3) is 0 Å². The van der Waals surface area contributed by atoms with Crippen LogP contribution >= 0.6 is 11.6 Å². The van der Waals surface area contributed by atoms with Crippen LogP contribution in [-0.2, 0) is 9.53 Å². The molecule has 0 saturated heterocycles. The van der Waals surface area contributed by atoms with Gasteiger partial charge in [-0.15, -0.1) is 0 Å². The van der Waals surface area contributed by atoms with Gasteiger partial charge in [-0.25, -0.2) is 0 Å². The fourth-order valence-electron chi connectivity index (χ4n) is 1.95. The van der Waals surface area contributed by atoms with Crippen molar-refractivity contribution in [2.75, 3.05) is 20.3 Å². The highest BCUT2D eigenvalue weighted by Gasteiger charge is 2.17. The molecule has 0 saturated carbocycles. The molecule has 2 atom stereocenters. The number of rotatable bonds is 8.